The molecule has 0 spiro atoms. The molecule has 0 unspecified atom stereocenters. The normalized spacial score (nSPS) is 14.2. The quantitative estimate of drug-likeness (QED) is 0.233. The zero-order chi connectivity index (χ0) is 23.3. The van der Waals surface area contributed by atoms with Gasteiger partial charge in [0.1, 0.15) is 29.2 Å². The number of nitrogens with one attached hydrogen (secondary N) is 3. The highest BCUT2D eigenvalue weighted by Gasteiger charge is 2.28. The molecular weight excluding hydrogens is 432 g/mol. The van der Waals surface area contributed by atoms with Gasteiger partial charge in [-0.3, -0.25) is 9.59 Å². The van der Waals surface area contributed by atoms with Crippen molar-refractivity contribution < 1.29 is 23.8 Å². The maximum absolute atomic E-state index is 13.0. The summed E-state index contributed by atoms with van der Waals surface area (Å²) < 4.78 is 10.3. The summed E-state index contributed by atoms with van der Waals surface area (Å²) in [5, 5.41) is 16.3. The first-order valence-corrected chi connectivity index (χ1v) is 10.8. The number of carbonyl (C=O) groups excluding carboxylic acids is 2. The monoisotopic (exact) mass is 460 g/mol. The summed E-state index contributed by atoms with van der Waals surface area (Å²) >= 11 is 4.07. The van der Waals surface area contributed by atoms with Crippen LogP contribution in [0.25, 0.3) is 10.9 Å². The van der Waals surface area contributed by atoms with Gasteiger partial charge >= 0.3 is 0 Å². The summed E-state index contributed by atoms with van der Waals surface area (Å²) in [7, 11) is 1.57. The lowest BCUT2D eigenvalue weighted by atomic mass is 10.0. The summed E-state index contributed by atoms with van der Waals surface area (Å²) in [4.78, 5) is 33.0. The summed E-state index contributed by atoms with van der Waals surface area (Å²) in [6.45, 7) is 3.92. The molecule has 0 aliphatic rings. The number of nitrogens with zero attached hydrogens (tertiary/aromatic N) is 1. The number of rotatable bonds is 10. The largest absolute Gasteiger partial charge is 0.496 e. The van der Waals surface area contributed by atoms with Gasteiger partial charge < -0.3 is 29.9 Å². The number of thiol groups is 1. The Morgan fingerprint density at radius 3 is 2.72 bits per heavy atom. The zero-order valence-electron chi connectivity index (χ0n) is 18.2. The summed E-state index contributed by atoms with van der Waals surface area (Å²) in [6, 6.07) is 5.66. The Bertz CT molecular complexity index is 1050. The van der Waals surface area contributed by atoms with E-state index in [-0.39, 0.29) is 12.3 Å². The number of hydrogen-bond acceptors (Lipinski definition) is 7. The Morgan fingerprint density at radius 1 is 1.31 bits per heavy atom. The molecule has 172 valence electrons. The van der Waals surface area contributed by atoms with Crippen LogP contribution in [0.4, 0.5) is 0 Å². The van der Waals surface area contributed by atoms with Crippen LogP contribution in [0.1, 0.15) is 36.5 Å². The van der Waals surface area contributed by atoms with Crippen LogP contribution in [0, 0.1) is 5.92 Å². The maximum Gasteiger partial charge on any atom is 0.268 e. The fourth-order valence-corrected chi connectivity index (χ4v) is 3.62. The first-order chi connectivity index (χ1) is 15.3. The summed E-state index contributed by atoms with van der Waals surface area (Å²) in [6.07, 6.45) is 3.36. The molecular formula is C22H28N4O5S. The van der Waals surface area contributed by atoms with Crippen molar-refractivity contribution in [2.75, 3.05) is 7.11 Å². The SMILES string of the molecule is COc1cccc2[nH]c(C(=O)N[C@@H](CC(C)C)C(=O)N[C@@H](Cc3cocn3)[C@@H](O)S)cc12. The first kappa shape index (κ1) is 23.7. The number of benzene rings is 1. The second-order valence-corrected chi connectivity index (χ2v) is 8.50. The van der Waals surface area contributed by atoms with Crippen molar-refractivity contribution in [2.24, 2.45) is 5.92 Å². The minimum absolute atomic E-state index is 0.142. The van der Waals surface area contributed by atoms with Gasteiger partial charge in [0, 0.05) is 17.3 Å². The average molecular weight is 461 g/mol. The number of H-pyrrole nitrogens is 1. The number of amides is 2. The van der Waals surface area contributed by atoms with Crippen LogP contribution in [0.3, 0.4) is 0 Å². The van der Waals surface area contributed by atoms with E-state index in [2.05, 4.69) is 33.2 Å². The number of aliphatic hydroxyl groups is 1. The second-order valence-electron chi connectivity index (χ2n) is 7.97. The van der Waals surface area contributed by atoms with E-state index in [0.717, 1.165) is 10.9 Å². The predicted molar refractivity (Wildman–Crippen MR) is 123 cm³/mol. The predicted octanol–water partition coefficient (Wildman–Crippen LogP) is 2.28. The number of carbonyl (C=O) groups is 2. The highest BCUT2D eigenvalue weighted by atomic mass is 32.1. The van der Waals surface area contributed by atoms with E-state index in [9.17, 15) is 14.7 Å². The molecule has 4 N–H and O–H groups in total. The maximum atomic E-state index is 13.0. The van der Waals surface area contributed by atoms with E-state index >= 15 is 0 Å². The number of aromatic nitrogens is 2. The third-order valence-corrected chi connectivity index (χ3v) is 5.38. The zero-order valence-corrected chi connectivity index (χ0v) is 19.1. The summed E-state index contributed by atoms with van der Waals surface area (Å²) in [5.41, 5.74) is 0.525. The van der Waals surface area contributed by atoms with Gasteiger partial charge in [-0.05, 0) is 30.5 Å². The standard InChI is InChI=1S/C22H28N4O5S/c1-12(2)7-16(20(27)26-18(22(29)32)8-13-10-31-11-23-13)25-21(28)17-9-14-15(24-17)5-4-6-19(14)30-3/h4-6,9-12,16,18,22,24,29,32H,7-8H2,1-3H3,(H,25,28)(H,26,27)/t16-,18-,22-/m0/s1. The van der Waals surface area contributed by atoms with Crippen LogP contribution in [0.15, 0.2) is 41.3 Å². The molecule has 9 nitrogen and oxygen atoms in total. The molecule has 2 aromatic heterocycles. The fraction of sp³-hybridized carbons (Fsp3) is 0.409. The molecule has 3 aromatic rings. The smallest absolute Gasteiger partial charge is 0.268 e. The van der Waals surface area contributed by atoms with Gasteiger partial charge in [-0.1, -0.05) is 19.9 Å². The molecule has 0 bridgehead atoms. The molecule has 0 aliphatic heterocycles. The van der Waals surface area contributed by atoms with Gasteiger partial charge in [0.05, 0.1) is 18.8 Å². The van der Waals surface area contributed by atoms with Crippen molar-refractivity contribution in [3.05, 3.63) is 48.3 Å². The first-order valence-electron chi connectivity index (χ1n) is 10.3. The van der Waals surface area contributed by atoms with Gasteiger partial charge in [-0.25, -0.2) is 4.98 Å². The second kappa shape index (κ2) is 10.6. The number of hydrogen-bond donors (Lipinski definition) is 5. The molecule has 0 saturated heterocycles. The third kappa shape index (κ3) is 5.83. The molecule has 3 rings (SSSR count). The molecule has 0 aliphatic carbocycles. The Labute approximate surface area is 191 Å². The van der Waals surface area contributed by atoms with Crippen LogP contribution < -0.4 is 15.4 Å². The van der Waals surface area contributed by atoms with Gasteiger partial charge in [0.2, 0.25) is 5.91 Å². The van der Waals surface area contributed by atoms with Crippen LogP contribution in [-0.2, 0) is 11.2 Å². The van der Waals surface area contributed by atoms with E-state index in [4.69, 9.17) is 9.15 Å². The lowest BCUT2D eigenvalue weighted by molar-refractivity contribution is -0.124. The number of oxazole rings is 1. The van der Waals surface area contributed by atoms with Crippen molar-refractivity contribution in [3.63, 3.8) is 0 Å². The fourth-order valence-electron chi connectivity index (χ4n) is 3.44. The van der Waals surface area contributed by atoms with E-state index in [1.807, 2.05) is 32.0 Å². The minimum Gasteiger partial charge on any atom is -0.496 e. The minimum atomic E-state index is -1.12. The molecule has 2 heterocycles. The van der Waals surface area contributed by atoms with E-state index in [1.165, 1.54) is 12.7 Å². The highest BCUT2D eigenvalue weighted by molar-refractivity contribution is 7.80. The number of aliphatic hydroxyl groups excluding tert-OH is 1. The highest BCUT2D eigenvalue weighted by Crippen LogP contribution is 2.26. The van der Waals surface area contributed by atoms with E-state index in [1.54, 1.807) is 13.2 Å². The van der Waals surface area contributed by atoms with E-state index < -0.39 is 29.3 Å². The lowest BCUT2D eigenvalue weighted by Crippen LogP contribution is -2.52. The molecule has 0 fully saturated rings. The molecule has 32 heavy (non-hydrogen) atoms. The number of ether oxygens (including phenoxy) is 1. The number of aromatic amines is 1. The lowest BCUT2D eigenvalue weighted by Gasteiger charge is -2.25. The molecule has 1 aromatic carbocycles. The average Bonchev–Trinajstić information content (AvgIpc) is 3.41. The van der Waals surface area contributed by atoms with Crippen LogP contribution in [0.5, 0.6) is 5.75 Å². The van der Waals surface area contributed by atoms with Crippen LogP contribution in [-0.4, -0.2) is 51.5 Å². The number of fused-ring (bicyclic) bond motifs is 1. The Balaban J connectivity index is 1.75. The molecule has 2 amide bonds. The Kier molecular flexibility index (Phi) is 7.81. The molecule has 10 heteroatoms. The topological polar surface area (TPSA) is 129 Å². The van der Waals surface area contributed by atoms with Crippen molar-refractivity contribution in [1.29, 1.82) is 0 Å². The molecule has 0 radical (unpaired) electrons. The summed E-state index contributed by atoms with van der Waals surface area (Å²) in [5.74, 6) is -0.0395. The van der Waals surface area contributed by atoms with Crippen molar-refractivity contribution in [2.45, 2.75) is 44.2 Å². The van der Waals surface area contributed by atoms with Crippen LogP contribution >= 0.6 is 12.6 Å². The Hall–Kier alpha value is -2.98. The van der Waals surface area contributed by atoms with Crippen molar-refractivity contribution >= 4 is 35.3 Å². The van der Waals surface area contributed by atoms with Gasteiger partial charge in [0.15, 0.2) is 6.39 Å². The van der Waals surface area contributed by atoms with Crippen LogP contribution in [0.2, 0.25) is 0 Å². The van der Waals surface area contributed by atoms with Crippen molar-refractivity contribution in [3.8, 4) is 5.75 Å². The Morgan fingerprint density at radius 2 is 2.09 bits per heavy atom. The van der Waals surface area contributed by atoms with Gasteiger partial charge in [-0.15, -0.1) is 12.6 Å². The third-order valence-electron chi connectivity index (χ3n) is 5.02. The van der Waals surface area contributed by atoms with E-state index in [0.29, 0.717) is 23.6 Å². The molecule has 0 saturated carbocycles. The van der Waals surface area contributed by atoms with Gasteiger partial charge in [-0.2, -0.15) is 0 Å². The van der Waals surface area contributed by atoms with Gasteiger partial charge in [0.25, 0.3) is 5.91 Å². The van der Waals surface area contributed by atoms with Crippen molar-refractivity contribution in [1.82, 2.24) is 20.6 Å². The molecule has 3 atom stereocenters. The number of methoxy groups -OCH3 is 1.